The molecule has 0 amide bonds. The Morgan fingerprint density at radius 2 is 1.61 bits per heavy atom. The van der Waals surface area contributed by atoms with Crippen LogP contribution < -0.4 is 4.74 Å². The first kappa shape index (κ1) is 25.0. The summed E-state index contributed by atoms with van der Waals surface area (Å²) in [5.41, 5.74) is 0.813. The Balaban J connectivity index is 1.27. The van der Waals surface area contributed by atoms with Gasteiger partial charge in [-0.2, -0.15) is 10.9 Å². The van der Waals surface area contributed by atoms with Crippen molar-refractivity contribution in [2.45, 2.75) is 73.2 Å². The topological polar surface area (TPSA) is 35.5 Å². The molecule has 0 radical (unpaired) electrons. The maximum absolute atomic E-state index is 12.8. The molecule has 2 bridgehead atoms. The monoisotopic (exact) mass is 502 g/mol. The van der Waals surface area contributed by atoms with Gasteiger partial charge in [0.2, 0.25) is 0 Å². The average molecular weight is 503 g/mol. The van der Waals surface area contributed by atoms with E-state index in [2.05, 4.69) is 93.6 Å². The third-order valence-corrected chi connectivity index (χ3v) is 10.7. The second-order valence-electron chi connectivity index (χ2n) is 10.9. The van der Waals surface area contributed by atoms with Crippen molar-refractivity contribution < 1.29 is 14.3 Å². The molecule has 0 N–H and O–H groups in total. The van der Waals surface area contributed by atoms with E-state index in [1.165, 1.54) is 33.1 Å². The average Bonchev–Trinajstić information content (AvgIpc) is 2.88. The number of fused-ring (bicyclic) bond motifs is 2. The van der Waals surface area contributed by atoms with Crippen LogP contribution in [0.1, 0.15) is 51.5 Å². The van der Waals surface area contributed by atoms with Crippen LogP contribution in [0.25, 0.3) is 0 Å². The van der Waals surface area contributed by atoms with Crippen LogP contribution in [-0.4, -0.2) is 18.2 Å². The molecule has 0 aliphatic heterocycles. The zero-order valence-corrected chi connectivity index (χ0v) is 22.5. The molecule has 0 spiro atoms. The van der Waals surface area contributed by atoms with Crippen molar-refractivity contribution in [1.82, 2.24) is 0 Å². The fourth-order valence-electron chi connectivity index (χ4n) is 6.29. The number of benzene rings is 3. The normalized spacial score (nSPS) is 25.6. The van der Waals surface area contributed by atoms with Gasteiger partial charge in [-0.05, 0) is 126 Å². The Kier molecular flexibility index (Phi) is 7.43. The van der Waals surface area contributed by atoms with E-state index in [1.54, 1.807) is 0 Å². The lowest BCUT2D eigenvalue weighted by atomic mass is 9.62. The van der Waals surface area contributed by atoms with E-state index < -0.39 is 10.9 Å². The molecular weight excluding hydrogens is 464 g/mol. The fourth-order valence-corrected chi connectivity index (χ4v) is 8.73. The predicted molar refractivity (Wildman–Crippen MR) is 147 cm³/mol. The molecule has 0 saturated heterocycles. The van der Waals surface area contributed by atoms with Gasteiger partial charge < -0.3 is 9.47 Å². The summed E-state index contributed by atoms with van der Waals surface area (Å²) in [6, 6.07) is 27.6. The summed E-state index contributed by atoms with van der Waals surface area (Å²) in [6.07, 6.45) is 5.82. The van der Waals surface area contributed by atoms with E-state index in [0.29, 0.717) is 11.7 Å². The van der Waals surface area contributed by atoms with Crippen molar-refractivity contribution >= 4 is 16.9 Å². The molecule has 5 rings (SSSR count). The molecule has 4 heteroatoms. The van der Waals surface area contributed by atoms with Gasteiger partial charge in [-0.15, -0.1) is 0 Å². The van der Waals surface area contributed by atoms with Crippen LogP contribution in [0.5, 0.6) is 5.75 Å². The molecular formula is C32H38O3S. The molecule has 0 aromatic heterocycles. The number of carbonyl (C=O) groups excluding carboxylic acids is 1. The summed E-state index contributed by atoms with van der Waals surface area (Å²) in [4.78, 5) is 16.8. The number of hydrogen-bond acceptors (Lipinski definition) is 3. The molecule has 4 unspecified atom stereocenters. The van der Waals surface area contributed by atoms with Gasteiger partial charge >= 0.3 is 5.97 Å². The summed E-state index contributed by atoms with van der Waals surface area (Å²) in [7, 11) is -0.676. The number of esters is 1. The van der Waals surface area contributed by atoms with Crippen molar-refractivity contribution in [3.8, 4) is 5.75 Å². The summed E-state index contributed by atoms with van der Waals surface area (Å²) < 4.78 is 12.0. The van der Waals surface area contributed by atoms with Crippen LogP contribution in [0.3, 0.4) is 0 Å². The molecule has 3 aromatic rings. The maximum atomic E-state index is 12.8. The SMILES string of the molecule is Cc1cc(OCC(=O)OC2(C)CCC3CC(C)CC2C3)ccc1[SH](c1ccccc1)c1ccccc1. The Hall–Kier alpha value is -2.72. The number of ether oxygens (including phenoxy) is 2. The molecule has 190 valence electrons. The second kappa shape index (κ2) is 10.7. The van der Waals surface area contributed by atoms with E-state index in [0.717, 1.165) is 31.1 Å². The van der Waals surface area contributed by atoms with Crippen molar-refractivity contribution in [1.29, 1.82) is 0 Å². The zero-order chi connectivity index (χ0) is 25.1. The molecule has 36 heavy (non-hydrogen) atoms. The number of aryl methyl sites for hydroxylation is 1. The van der Waals surface area contributed by atoms with E-state index in [4.69, 9.17) is 9.47 Å². The molecule has 4 atom stereocenters. The van der Waals surface area contributed by atoms with E-state index in [9.17, 15) is 4.79 Å². The highest BCUT2D eigenvalue weighted by atomic mass is 32.2. The smallest absolute Gasteiger partial charge is 0.344 e. The molecule has 2 aliphatic rings. The van der Waals surface area contributed by atoms with Gasteiger partial charge in [0.25, 0.3) is 0 Å². The van der Waals surface area contributed by atoms with Crippen LogP contribution in [0.4, 0.5) is 0 Å². The van der Waals surface area contributed by atoms with Gasteiger partial charge in [-0.25, -0.2) is 4.79 Å². The highest BCUT2D eigenvalue weighted by Gasteiger charge is 2.46. The lowest BCUT2D eigenvalue weighted by Gasteiger charge is -2.48. The van der Waals surface area contributed by atoms with Crippen LogP contribution in [-0.2, 0) is 9.53 Å². The Morgan fingerprint density at radius 1 is 0.944 bits per heavy atom. The van der Waals surface area contributed by atoms with Crippen molar-refractivity contribution in [2.75, 3.05) is 6.61 Å². The van der Waals surface area contributed by atoms with Gasteiger partial charge in [0.15, 0.2) is 6.61 Å². The van der Waals surface area contributed by atoms with Crippen LogP contribution in [0.15, 0.2) is 93.5 Å². The molecule has 2 aliphatic carbocycles. The van der Waals surface area contributed by atoms with Gasteiger partial charge in [-0.1, -0.05) is 43.3 Å². The molecule has 2 fully saturated rings. The predicted octanol–water partition coefficient (Wildman–Crippen LogP) is 8.00. The van der Waals surface area contributed by atoms with Crippen LogP contribution in [0, 0.1) is 24.7 Å². The lowest BCUT2D eigenvalue weighted by molar-refractivity contribution is -0.176. The first-order valence-electron chi connectivity index (χ1n) is 13.3. The standard InChI is InChI=1S/C32H38O3S/c1-23-18-25-16-17-32(3,26(19-23)21-25)35-31(33)22-34-27-14-15-30(24(2)20-27)36(28-10-6-4-7-11-28)29-12-8-5-9-13-29/h4-15,20,23,25-26,36H,16-19,21-22H2,1-3H3. The Labute approximate surface area is 218 Å². The fraction of sp³-hybridized carbons (Fsp3) is 0.406. The molecule has 3 aromatic carbocycles. The summed E-state index contributed by atoms with van der Waals surface area (Å²) in [6.45, 7) is 6.55. The quantitative estimate of drug-likeness (QED) is 0.263. The first-order chi connectivity index (χ1) is 17.4. The summed E-state index contributed by atoms with van der Waals surface area (Å²) in [5.74, 6) is 2.46. The van der Waals surface area contributed by atoms with E-state index in [1.807, 2.05) is 6.07 Å². The highest BCUT2D eigenvalue weighted by Crippen LogP contribution is 2.53. The molecule has 3 nitrogen and oxygen atoms in total. The van der Waals surface area contributed by atoms with Crippen molar-refractivity contribution in [2.24, 2.45) is 17.8 Å². The van der Waals surface area contributed by atoms with Gasteiger partial charge in [0, 0.05) is 0 Å². The van der Waals surface area contributed by atoms with E-state index in [-0.39, 0.29) is 18.2 Å². The number of carbonyl (C=O) groups is 1. The lowest BCUT2D eigenvalue weighted by Crippen LogP contribution is -2.47. The third kappa shape index (κ3) is 5.49. The van der Waals surface area contributed by atoms with Crippen molar-refractivity contribution in [3.05, 3.63) is 84.4 Å². The zero-order valence-electron chi connectivity index (χ0n) is 21.7. The largest absolute Gasteiger partial charge is 0.482 e. The van der Waals surface area contributed by atoms with Crippen LogP contribution in [0.2, 0.25) is 0 Å². The summed E-state index contributed by atoms with van der Waals surface area (Å²) in [5, 5.41) is 0. The first-order valence-corrected chi connectivity index (χ1v) is 14.6. The number of rotatable bonds is 7. The molecule has 0 heterocycles. The molecule has 2 saturated carbocycles. The van der Waals surface area contributed by atoms with Gasteiger partial charge in [-0.3, -0.25) is 0 Å². The number of thiol groups is 1. The van der Waals surface area contributed by atoms with Crippen molar-refractivity contribution in [3.63, 3.8) is 0 Å². The minimum absolute atomic E-state index is 0.0494. The van der Waals surface area contributed by atoms with Crippen LogP contribution >= 0.6 is 10.9 Å². The van der Waals surface area contributed by atoms with Gasteiger partial charge in [0.1, 0.15) is 11.4 Å². The minimum atomic E-state index is -0.676. The Morgan fingerprint density at radius 3 is 2.25 bits per heavy atom. The number of hydrogen-bond donors (Lipinski definition) is 1. The summed E-state index contributed by atoms with van der Waals surface area (Å²) >= 11 is 0. The third-order valence-electron chi connectivity index (χ3n) is 8.09. The van der Waals surface area contributed by atoms with Gasteiger partial charge in [0.05, 0.1) is 0 Å². The second-order valence-corrected chi connectivity index (χ2v) is 13.1. The maximum Gasteiger partial charge on any atom is 0.344 e. The van der Waals surface area contributed by atoms with E-state index >= 15 is 0 Å². The highest BCUT2D eigenvalue weighted by molar-refractivity contribution is 8.17. The minimum Gasteiger partial charge on any atom is -0.482 e. The Bertz CT molecular complexity index is 1140.